The van der Waals surface area contributed by atoms with Gasteiger partial charge in [-0.3, -0.25) is 0 Å². The van der Waals surface area contributed by atoms with Crippen LogP contribution in [0, 0.1) is 0 Å². The summed E-state index contributed by atoms with van der Waals surface area (Å²) in [5.41, 5.74) is 0. The van der Waals surface area contributed by atoms with Crippen molar-refractivity contribution in [3.05, 3.63) is 30.3 Å². The quantitative estimate of drug-likeness (QED) is 0.530. The Morgan fingerprint density at radius 3 is 1.72 bits per heavy atom. The van der Waals surface area contributed by atoms with E-state index in [1.54, 1.807) is 50.0 Å². The van der Waals surface area contributed by atoms with Crippen molar-refractivity contribution in [2.24, 2.45) is 0 Å². The van der Waals surface area contributed by atoms with Crippen LogP contribution in [0.15, 0.2) is 30.3 Å². The fraction of sp³-hybridized carbons (Fsp3) is 0.333. The van der Waals surface area contributed by atoms with Crippen LogP contribution in [0.1, 0.15) is 0 Å². The minimum atomic E-state index is -7.26. The van der Waals surface area contributed by atoms with E-state index >= 15 is 0 Å². The monoisotopic (exact) mass is 421 g/mol. The van der Waals surface area contributed by atoms with Gasteiger partial charge in [-0.25, -0.2) is 0 Å². The van der Waals surface area contributed by atoms with E-state index < -0.39 is 15.3 Å². The molecule has 0 atom stereocenters. The first-order valence-electron chi connectivity index (χ1n) is 5.73. The molecule has 0 fully saturated rings. The topological polar surface area (TPSA) is 18.5 Å². The molecular formula is C9H14Cl5O2SiZn. The molecule has 0 unspecified atom stereocenters. The zero-order valence-electron chi connectivity index (χ0n) is 10.3. The molecule has 0 saturated carbocycles. The maximum atomic E-state index is 6.17. The summed E-state index contributed by atoms with van der Waals surface area (Å²) in [6.07, 6.45) is 0. The van der Waals surface area contributed by atoms with Crippen molar-refractivity contribution < 1.29 is 13.8 Å². The molecule has 0 spiro atoms. The first-order valence-corrected chi connectivity index (χ1v) is 31.1. The Morgan fingerprint density at radius 1 is 0.889 bits per heavy atom. The maximum absolute atomic E-state index is 7.26. The summed E-state index contributed by atoms with van der Waals surface area (Å²) >= 11 is 0. The summed E-state index contributed by atoms with van der Waals surface area (Å²) in [7, 11) is 21.2. The predicted molar refractivity (Wildman–Crippen MR) is 80.8 cm³/mol. The van der Waals surface area contributed by atoms with Gasteiger partial charge in [-0.1, -0.05) is 0 Å². The molecule has 1 rings (SSSR count). The fourth-order valence-corrected chi connectivity index (χ4v) is 47.7. The number of halogens is 5. The fourth-order valence-electron chi connectivity index (χ4n) is 1.92. The molecule has 0 aliphatic heterocycles. The van der Waals surface area contributed by atoms with Crippen molar-refractivity contribution in [3.63, 3.8) is 0 Å². The Kier molecular flexibility index (Phi) is 3.58. The Hall–Kier alpha value is 1.27. The Morgan fingerprint density at radius 2 is 1.33 bits per heavy atom. The average molecular weight is 425 g/mol. The van der Waals surface area contributed by atoms with E-state index in [9.17, 15) is 0 Å². The first kappa shape index (κ1) is 17.3. The van der Waals surface area contributed by atoms with E-state index in [4.69, 9.17) is 55.3 Å². The molecule has 0 radical (unpaired) electrons. The molecule has 103 valence electrons. The second-order valence-corrected chi connectivity index (χ2v) is 75.5. The molecular weight excluding hydrogens is 411 g/mol. The molecule has 1 aromatic carbocycles. The van der Waals surface area contributed by atoms with Gasteiger partial charge < -0.3 is 0 Å². The summed E-state index contributed by atoms with van der Waals surface area (Å²) in [6.45, 7) is 5.40. The van der Waals surface area contributed by atoms with E-state index in [-0.39, 0.29) is 5.75 Å². The van der Waals surface area contributed by atoms with E-state index in [1.807, 2.05) is 0 Å². The molecule has 0 aliphatic rings. The van der Waals surface area contributed by atoms with Crippen LogP contribution in [0.25, 0.3) is 0 Å². The molecule has 0 saturated heterocycles. The van der Waals surface area contributed by atoms with Gasteiger partial charge in [-0.05, 0) is 0 Å². The van der Waals surface area contributed by atoms with Crippen molar-refractivity contribution in [2.45, 2.75) is 19.6 Å². The van der Waals surface area contributed by atoms with Crippen LogP contribution in [0.3, 0.4) is 0 Å². The van der Waals surface area contributed by atoms with Crippen LogP contribution in [-0.2, 0) is 10.3 Å². The summed E-state index contributed by atoms with van der Waals surface area (Å²) in [5.74, 6) is 0.241. The summed E-state index contributed by atoms with van der Waals surface area (Å²) in [6, 6.07) is 8.36. The molecule has 1 aromatic rings. The molecule has 0 bridgehead atoms. The van der Waals surface area contributed by atoms with Crippen LogP contribution in [0.5, 0.6) is 5.75 Å². The van der Waals surface area contributed by atoms with Crippen molar-refractivity contribution in [1.29, 1.82) is 0 Å². The third-order valence-electron chi connectivity index (χ3n) is 2.01. The number of benzene rings is 1. The zero-order chi connectivity index (χ0) is 14.4. The van der Waals surface area contributed by atoms with Crippen LogP contribution in [0.2, 0.25) is 19.6 Å². The molecule has 0 heterocycles. The Labute approximate surface area is 125 Å². The molecule has 2 nitrogen and oxygen atoms in total. The average Bonchev–Trinajstić information content (AvgIpc) is 1.95. The number of hydrogen-bond acceptors (Lipinski definition) is 2. The van der Waals surface area contributed by atoms with Crippen molar-refractivity contribution in [3.8, 4) is 5.75 Å². The van der Waals surface area contributed by atoms with Gasteiger partial charge in [0, 0.05) is 0 Å². The van der Waals surface area contributed by atoms with E-state index in [1.165, 1.54) is 0 Å². The molecule has 0 amide bonds. The minimum absolute atomic E-state index is 0.241. The molecule has 0 aliphatic carbocycles. The van der Waals surface area contributed by atoms with Crippen molar-refractivity contribution in [1.82, 2.24) is 0 Å². The molecule has 9 heteroatoms. The van der Waals surface area contributed by atoms with Gasteiger partial charge in [0.25, 0.3) is 0 Å². The van der Waals surface area contributed by atoms with Crippen molar-refractivity contribution in [2.75, 3.05) is 0 Å². The molecule has 0 N–H and O–H groups in total. The van der Waals surface area contributed by atoms with Crippen molar-refractivity contribution >= 4 is 56.8 Å². The van der Waals surface area contributed by atoms with Crippen LogP contribution in [-0.4, -0.2) is 8.32 Å². The third kappa shape index (κ3) is 6.62. The van der Waals surface area contributed by atoms with Gasteiger partial charge in [0.05, 0.1) is 0 Å². The zero-order valence-corrected chi connectivity index (χ0v) is 18.0. The van der Waals surface area contributed by atoms with Gasteiger partial charge in [0.15, 0.2) is 0 Å². The van der Waals surface area contributed by atoms with E-state index in [0.717, 1.165) is 0 Å². The van der Waals surface area contributed by atoms with Gasteiger partial charge in [0.2, 0.25) is 0 Å². The normalized spacial score (nSPS) is 19.2. The Bertz CT molecular complexity index is 471. The van der Waals surface area contributed by atoms with E-state index in [2.05, 4.69) is 0 Å². The molecule has 0 aromatic heterocycles. The third-order valence-corrected chi connectivity index (χ3v) is 26.6. The Balaban J connectivity index is 3.28. The van der Waals surface area contributed by atoms with Crippen LogP contribution >= 0.6 is 48.5 Å². The van der Waals surface area contributed by atoms with Gasteiger partial charge in [-0.2, -0.15) is 0 Å². The summed E-state index contributed by atoms with van der Waals surface area (Å²) in [5, 5.41) is 0. The van der Waals surface area contributed by atoms with Gasteiger partial charge in [0.1, 0.15) is 0 Å². The summed E-state index contributed by atoms with van der Waals surface area (Å²) in [4.78, 5) is 0. The second kappa shape index (κ2) is 3.72. The number of rotatable bonds is 4. The van der Waals surface area contributed by atoms with Gasteiger partial charge in [-0.15, -0.1) is 0 Å². The van der Waals surface area contributed by atoms with Gasteiger partial charge >= 0.3 is 126 Å². The summed E-state index contributed by atoms with van der Waals surface area (Å²) < 4.78 is 10.9. The standard InChI is InChI=1S/C6H6O.C3H9OSi.5ClH.Zn/c7-6-4-2-1-3-5-6;1-5(2,3)4;;;;;;/h1-5,7H;1-3H3;5*1H;/q;-1;;;;;;+7/p-6. The number of para-hydroxylation sites is 1. The van der Waals surface area contributed by atoms with Crippen LogP contribution < -0.4 is 3.56 Å². The predicted octanol–water partition coefficient (Wildman–Crippen LogP) is 6.28. The second-order valence-electron chi connectivity index (χ2n) is 5.93. The number of hydrogen-bond donors (Lipinski definition) is 0. The molecule has 18 heavy (non-hydrogen) atoms. The van der Waals surface area contributed by atoms with E-state index in [0.29, 0.717) is 0 Å². The van der Waals surface area contributed by atoms with Crippen LogP contribution in [0.4, 0.5) is 0 Å². The SMILES string of the molecule is C[Si](C)(C)[O][Zn]([Cl])([Cl])([Cl])([Cl])([Cl])[O]c1ccccc1. The first-order chi connectivity index (χ1) is 7.50.